The van der Waals surface area contributed by atoms with Crippen LogP contribution in [0.5, 0.6) is 0 Å². The first-order valence-electron chi connectivity index (χ1n) is 19.8. The van der Waals surface area contributed by atoms with Gasteiger partial charge < -0.3 is 0 Å². The Hall–Kier alpha value is -4.47. The Bertz CT molecular complexity index is 1900. The van der Waals surface area contributed by atoms with Crippen molar-refractivity contribution in [3.05, 3.63) is 138 Å². The van der Waals surface area contributed by atoms with Crippen molar-refractivity contribution in [1.29, 1.82) is 0 Å². The molecule has 13 nitrogen and oxygen atoms in total. The van der Waals surface area contributed by atoms with Gasteiger partial charge in [0, 0.05) is 0 Å². The van der Waals surface area contributed by atoms with Crippen molar-refractivity contribution >= 4 is 37.3 Å². The van der Waals surface area contributed by atoms with Crippen LogP contribution >= 0.6 is 0 Å². The molecule has 0 bridgehead atoms. The molecular weight excluding hydrogens is 839 g/mol. The predicted molar refractivity (Wildman–Crippen MR) is 219 cm³/mol. The Morgan fingerprint density at radius 1 is 0.500 bits per heavy atom. The molecule has 14 heteroatoms. The number of benzene rings is 4. The summed E-state index contributed by atoms with van der Waals surface area (Å²) in [4.78, 5) is 36.6. The molecule has 60 heavy (non-hydrogen) atoms. The van der Waals surface area contributed by atoms with Gasteiger partial charge in [0.1, 0.15) is 0 Å². The van der Waals surface area contributed by atoms with Crippen LogP contribution in [0.2, 0.25) is 4.82 Å². The molecule has 10 atom stereocenters. The van der Waals surface area contributed by atoms with E-state index in [1.807, 2.05) is 121 Å². The van der Waals surface area contributed by atoms with Crippen LogP contribution in [-0.2, 0) is 81.6 Å². The van der Waals surface area contributed by atoms with E-state index in [4.69, 9.17) is 47.4 Å². The molecule has 320 valence electrons. The fourth-order valence-corrected chi connectivity index (χ4v) is 9.62. The summed E-state index contributed by atoms with van der Waals surface area (Å²) in [5.74, 6) is -1.78. The molecule has 2 aliphatic rings. The first kappa shape index (κ1) is 45.1. The van der Waals surface area contributed by atoms with E-state index in [2.05, 4.69) is 0 Å². The first-order chi connectivity index (χ1) is 29.2. The molecule has 0 saturated carbocycles. The molecule has 2 heterocycles. The Morgan fingerprint density at radius 2 is 0.950 bits per heavy atom. The van der Waals surface area contributed by atoms with E-state index in [1.165, 1.54) is 20.8 Å². The minimum absolute atomic E-state index is 0.104. The van der Waals surface area contributed by atoms with Gasteiger partial charge in [0.15, 0.2) is 0 Å². The second kappa shape index (κ2) is 22.9. The third-order valence-electron chi connectivity index (χ3n) is 9.77. The maximum absolute atomic E-state index is 12.7. The van der Waals surface area contributed by atoms with Crippen LogP contribution in [0.1, 0.15) is 37.5 Å². The van der Waals surface area contributed by atoms with Crippen LogP contribution < -0.4 is 4.46 Å². The minimum atomic E-state index is -1.11. The Labute approximate surface area is 357 Å². The molecule has 4 aromatic rings. The number of hydrogen-bond acceptors (Lipinski definition) is 13. The molecule has 0 aromatic heterocycles. The van der Waals surface area contributed by atoms with Crippen LogP contribution in [0.4, 0.5) is 0 Å². The number of esters is 3. The second-order valence-corrected chi connectivity index (χ2v) is 16.9. The normalized spacial score (nSPS) is 26.5. The standard InChI is InChI=1S/C46H52O13Se/c1-30(47)51-28-38-40(56-31(2)48)42(57-32(3)49)44(60-36-23-15-8-16-24-36)46(59-38)55-29-37-39(52-25-33-17-9-5-10-18-33)41(53-26-34-19-11-6-12-20-34)43(45(50-4)58-37)54-27-35-21-13-7-14-22-35/h5-24,37-46H,25-29H2,1-4H3/t37-,38-,39-,40+,41+,42+,43-,44+,45+,46+/m1/s1. The van der Waals surface area contributed by atoms with E-state index in [0.717, 1.165) is 21.2 Å². The third-order valence-corrected chi connectivity index (χ3v) is 12.5. The molecule has 0 N–H and O–H groups in total. The Kier molecular flexibility index (Phi) is 17.2. The molecule has 0 radical (unpaired) electrons. The predicted octanol–water partition coefficient (Wildman–Crippen LogP) is 5.10. The van der Waals surface area contributed by atoms with E-state index in [1.54, 1.807) is 7.11 Å². The molecule has 0 aliphatic carbocycles. The van der Waals surface area contributed by atoms with Crippen molar-refractivity contribution < 1.29 is 61.8 Å². The summed E-state index contributed by atoms with van der Waals surface area (Å²) in [5, 5.41) is 0. The summed E-state index contributed by atoms with van der Waals surface area (Å²) >= 11 is -0.458. The topological polar surface area (TPSA) is 144 Å². The zero-order chi connectivity index (χ0) is 42.3. The number of hydrogen-bond donors (Lipinski definition) is 0. The van der Waals surface area contributed by atoms with Gasteiger partial charge in [-0.3, -0.25) is 0 Å². The summed E-state index contributed by atoms with van der Waals surface area (Å²) in [7, 11) is 1.54. The van der Waals surface area contributed by atoms with Crippen molar-refractivity contribution in [3.63, 3.8) is 0 Å². The van der Waals surface area contributed by atoms with Gasteiger partial charge in [-0.05, 0) is 0 Å². The zero-order valence-electron chi connectivity index (χ0n) is 34.1. The Balaban J connectivity index is 1.34. The monoisotopic (exact) mass is 892 g/mol. The first-order valence-corrected chi connectivity index (χ1v) is 21.6. The number of carbonyl (C=O) groups excluding carboxylic acids is 3. The van der Waals surface area contributed by atoms with Gasteiger partial charge in [-0.25, -0.2) is 0 Å². The van der Waals surface area contributed by atoms with E-state index in [9.17, 15) is 14.4 Å². The SMILES string of the molecule is CO[C@H]1O[C@H](CO[C@H]2O[C@H](COC(C)=O)[C@H](OC(C)=O)[C@H](OC(C)=O)[C@@H]2[Se]c2ccccc2)[C@@H](OCc2ccccc2)[C@H](OCc2ccccc2)[C@H]1OCc1ccccc1. The van der Waals surface area contributed by atoms with Gasteiger partial charge in [-0.15, -0.1) is 0 Å². The summed E-state index contributed by atoms with van der Waals surface area (Å²) < 4.78 is 64.1. The van der Waals surface area contributed by atoms with Gasteiger partial charge >= 0.3 is 334 Å². The van der Waals surface area contributed by atoms with Crippen molar-refractivity contribution in [2.24, 2.45) is 0 Å². The fraction of sp³-hybridized carbons (Fsp3) is 0.413. The van der Waals surface area contributed by atoms with Crippen LogP contribution in [0.25, 0.3) is 0 Å². The van der Waals surface area contributed by atoms with Crippen LogP contribution in [0.15, 0.2) is 121 Å². The van der Waals surface area contributed by atoms with Gasteiger partial charge in [0.2, 0.25) is 0 Å². The van der Waals surface area contributed by atoms with Gasteiger partial charge in [-0.1, -0.05) is 24.3 Å². The average molecular weight is 892 g/mol. The van der Waals surface area contributed by atoms with Crippen LogP contribution in [0.3, 0.4) is 0 Å². The van der Waals surface area contributed by atoms with Crippen molar-refractivity contribution in [3.8, 4) is 0 Å². The number of carbonyl (C=O) groups is 3. The molecule has 2 fully saturated rings. The van der Waals surface area contributed by atoms with Crippen LogP contribution in [-0.4, -0.2) is 108 Å². The quantitative estimate of drug-likeness (QED) is 0.0701. The zero-order valence-corrected chi connectivity index (χ0v) is 35.8. The van der Waals surface area contributed by atoms with Crippen LogP contribution in [0, 0.1) is 0 Å². The van der Waals surface area contributed by atoms with Crippen molar-refractivity contribution in [2.75, 3.05) is 20.3 Å². The molecule has 2 aliphatic heterocycles. The molecule has 0 spiro atoms. The number of methoxy groups -OCH3 is 1. The summed E-state index contributed by atoms with van der Waals surface area (Å²) in [6.45, 7) is 4.14. The molecule has 4 aromatic carbocycles. The Morgan fingerprint density at radius 3 is 1.45 bits per heavy atom. The van der Waals surface area contributed by atoms with Gasteiger partial charge in [-0.2, -0.15) is 0 Å². The molecule has 2 saturated heterocycles. The second-order valence-electron chi connectivity index (χ2n) is 14.3. The molecular formula is C46H52O13Se. The molecule has 0 amide bonds. The average Bonchev–Trinajstić information content (AvgIpc) is 3.25. The van der Waals surface area contributed by atoms with E-state index in [0.29, 0.717) is 0 Å². The maximum atomic E-state index is 12.7. The number of ether oxygens (including phenoxy) is 10. The van der Waals surface area contributed by atoms with Crippen molar-refractivity contribution in [2.45, 2.75) is 101 Å². The van der Waals surface area contributed by atoms with E-state index < -0.39 is 93.0 Å². The van der Waals surface area contributed by atoms with Gasteiger partial charge in [0.05, 0.1) is 0 Å². The third kappa shape index (κ3) is 13.0. The smallest absolute Gasteiger partial charge is 0.0622 e. The number of rotatable bonds is 19. The summed E-state index contributed by atoms with van der Waals surface area (Å²) in [6.07, 6.45) is -8.17. The summed E-state index contributed by atoms with van der Waals surface area (Å²) in [5.41, 5.74) is 2.85. The van der Waals surface area contributed by atoms with E-state index in [-0.39, 0.29) is 33.0 Å². The fourth-order valence-electron chi connectivity index (χ4n) is 7.05. The van der Waals surface area contributed by atoms with Gasteiger partial charge in [0.25, 0.3) is 0 Å². The molecule has 6 rings (SSSR count). The van der Waals surface area contributed by atoms with E-state index >= 15 is 0 Å². The minimum Gasteiger partial charge on any atom is -0.0622 e. The summed E-state index contributed by atoms with van der Waals surface area (Å²) in [6, 6.07) is 39.0. The van der Waals surface area contributed by atoms with Crippen molar-refractivity contribution in [1.82, 2.24) is 0 Å². The molecule has 0 unspecified atom stereocenters.